The Morgan fingerprint density at radius 2 is 1.75 bits per heavy atom. The second-order valence-corrected chi connectivity index (χ2v) is 6.02. The van der Waals surface area contributed by atoms with Crippen molar-refractivity contribution in [2.75, 3.05) is 25.0 Å². The third kappa shape index (κ3) is 3.45. The zero-order valence-electron chi connectivity index (χ0n) is 11.9. The first-order valence-corrected chi connectivity index (χ1v) is 7.77. The van der Waals surface area contributed by atoms with Gasteiger partial charge in [-0.15, -0.1) is 0 Å². The first kappa shape index (κ1) is 13.7. The van der Waals surface area contributed by atoms with Gasteiger partial charge in [-0.25, -0.2) is 14.4 Å². The number of rotatable bonds is 4. The molecule has 1 saturated heterocycles. The first-order valence-electron chi connectivity index (χ1n) is 7.77. The lowest BCUT2D eigenvalue weighted by Crippen LogP contribution is -2.41. The fourth-order valence-corrected chi connectivity index (χ4v) is 3.43. The normalized spacial score (nSPS) is 22.2. The van der Waals surface area contributed by atoms with Crippen molar-refractivity contribution >= 4 is 5.95 Å². The van der Waals surface area contributed by atoms with Crippen LogP contribution < -0.4 is 5.32 Å². The molecule has 0 atom stereocenters. The molecule has 0 unspecified atom stereocenters. The lowest BCUT2D eigenvalue weighted by Gasteiger charge is -2.36. The monoisotopic (exact) mass is 278 g/mol. The quantitative estimate of drug-likeness (QED) is 0.919. The summed E-state index contributed by atoms with van der Waals surface area (Å²) in [6.45, 7) is 3.34. The van der Waals surface area contributed by atoms with Crippen LogP contribution in [0.2, 0.25) is 0 Å². The minimum Gasteiger partial charge on any atom is -0.354 e. The van der Waals surface area contributed by atoms with Gasteiger partial charge in [-0.3, -0.25) is 0 Å². The van der Waals surface area contributed by atoms with E-state index in [0.29, 0.717) is 11.9 Å². The van der Waals surface area contributed by atoms with Crippen LogP contribution in [0, 0.1) is 11.7 Å². The van der Waals surface area contributed by atoms with Crippen LogP contribution in [-0.2, 0) is 0 Å². The van der Waals surface area contributed by atoms with E-state index in [1.807, 2.05) is 0 Å². The molecule has 2 heterocycles. The Balaban J connectivity index is 1.41. The first-order chi connectivity index (χ1) is 9.81. The summed E-state index contributed by atoms with van der Waals surface area (Å²) in [6, 6.07) is 0.851. The fourth-order valence-electron chi connectivity index (χ4n) is 3.43. The van der Waals surface area contributed by atoms with Crippen LogP contribution >= 0.6 is 0 Å². The molecule has 4 nitrogen and oxygen atoms in total. The number of nitrogens with zero attached hydrogens (tertiary/aromatic N) is 3. The van der Waals surface area contributed by atoms with Gasteiger partial charge in [0.2, 0.25) is 5.95 Å². The second kappa shape index (κ2) is 6.48. The van der Waals surface area contributed by atoms with E-state index < -0.39 is 0 Å². The lowest BCUT2D eigenvalue weighted by molar-refractivity contribution is 0.138. The smallest absolute Gasteiger partial charge is 0.222 e. The molecule has 0 amide bonds. The standard InChI is InChI=1S/C15H23FN4/c16-13-10-18-15(19-11-13)17-9-12-5-7-20(8-6-12)14-3-1-2-4-14/h10-12,14H,1-9H2,(H,17,18,19). The zero-order valence-corrected chi connectivity index (χ0v) is 11.9. The van der Waals surface area contributed by atoms with E-state index in [4.69, 9.17) is 0 Å². The third-order valence-electron chi connectivity index (χ3n) is 4.66. The Hall–Kier alpha value is -1.23. The molecule has 1 aliphatic heterocycles. The van der Waals surface area contributed by atoms with Crippen LogP contribution in [-0.4, -0.2) is 40.5 Å². The number of hydrogen-bond acceptors (Lipinski definition) is 4. The van der Waals surface area contributed by atoms with Gasteiger partial charge in [-0.05, 0) is 44.7 Å². The highest BCUT2D eigenvalue weighted by Gasteiger charge is 2.26. The summed E-state index contributed by atoms with van der Waals surface area (Å²) in [5.41, 5.74) is 0. The molecule has 2 aliphatic rings. The summed E-state index contributed by atoms with van der Waals surface area (Å²) in [7, 11) is 0. The maximum atomic E-state index is 12.7. The van der Waals surface area contributed by atoms with E-state index in [1.54, 1.807) is 0 Å². The average molecular weight is 278 g/mol. The molecule has 20 heavy (non-hydrogen) atoms. The fraction of sp³-hybridized carbons (Fsp3) is 0.733. The molecule has 1 aliphatic carbocycles. The summed E-state index contributed by atoms with van der Waals surface area (Å²) in [6.07, 6.45) is 10.5. The van der Waals surface area contributed by atoms with E-state index >= 15 is 0 Å². The van der Waals surface area contributed by atoms with Crippen LogP contribution in [0.5, 0.6) is 0 Å². The van der Waals surface area contributed by atoms with Crippen molar-refractivity contribution in [3.63, 3.8) is 0 Å². The molecular formula is C15H23FN4. The number of halogens is 1. The maximum absolute atomic E-state index is 12.7. The number of anilines is 1. The Morgan fingerprint density at radius 3 is 2.40 bits per heavy atom. The van der Waals surface area contributed by atoms with Crippen LogP contribution in [0.15, 0.2) is 12.4 Å². The van der Waals surface area contributed by atoms with Crippen molar-refractivity contribution in [1.29, 1.82) is 0 Å². The number of nitrogens with one attached hydrogen (secondary N) is 1. The van der Waals surface area contributed by atoms with E-state index in [-0.39, 0.29) is 5.82 Å². The van der Waals surface area contributed by atoms with Crippen molar-refractivity contribution in [1.82, 2.24) is 14.9 Å². The second-order valence-electron chi connectivity index (χ2n) is 6.02. The van der Waals surface area contributed by atoms with Gasteiger partial charge in [-0.1, -0.05) is 12.8 Å². The van der Waals surface area contributed by atoms with Gasteiger partial charge in [0.15, 0.2) is 5.82 Å². The van der Waals surface area contributed by atoms with E-state index in [0.717, 1.165) is 12.6 Å². The molecule has 3 rings (SSSR count). The number of hydrogen-bond donors (Lipinski definition) is 1. The van der Waals surface area contributed by atoms with Crippen LogP contribution in [0.4, 0.5) is 10.3 Å². The Kier molecular flexibility index (Phi) is 4.45. The average Bonchev–Trinajstić information content (AvgIpc) is 3.01. The van der Waals surface area contributed by atoms with Gasteiger partial charge < -0.3 is 10.2 Å². The van der Waals surface area contributed by atoms with Crippen LogP contribution in [0.25, 0.3) is 0 Å². The SMILES string of the molecule is Fc1cnc(NCC2CCN(C3CCCC3)CC2)nc1. The van der Waals surface area contributed by atoms with Crippen molar-refractivity contribution in [3.05, 3.63) is 18.2 Å². The van der Waals surface area contributed by atoms with Crippen molar-refractivity contribution in [2.45, 2.75) is 44.6 Å². The molecule has 1 aromatic rings. The molecule has 0 spiro atoms. The highest BCUT2D eigenvalue weighted by Crippen LogP contribution is 2.27. The highest BCUT2D eigenvalue weighted by atomic mass is 19.1. The largest absolute Gasteiger partial charge is 0.354 e. The van der Waals surface area contributed by atoms with E-state index in [1.165, 1.54) is 64.0 Å². The summed E-state index contributed by atoms with van der Waals surface area (Å²) < 4.78 is 12.7. The molecular weight excluding hydrogens is 255 g/mol. The molecule has 0 radical (unpaired) electrons. The summed E-state index contributed by atoms with van der Waals surface area (Å²) in [5, 5.41) is 3.22. The van der Waals surface area contributed by atoms with Gasteiger partial charge in [-0.2, -0.15) is 0 Å². The highest BCUT2D eigenvalue weighted by molar-refractivity contribution is 5.22. The zero-order chi connectivity index (χ0) is 13.8. The topological polar surface area (TPSA) is 41.1 Å². The molecule has 0 aromatic carbocycles. The summed E-state index contributed by atoms with van der Waals surface area (Å²) >= 11 is 0. The Morgan fingerprint density at radius 1 is 1.10 bits per heavy atom. The van der Waals surface area contributed by atoms with Crippen molar-refractivity contribution in [2.24, 2.45) is 5.92 Å². The predicted octanol–water partition coefficient (Wildman–Crippen LogP) is 2.68. The lowest BCUT2D eigenvalue weighted by atomic mass is 9.95. The van der Waals surface area contributed by atoms with Gasteiger partial charge in [0.05, 0.1) is 12.4 Å². The molecule has 1 N–H and O–H groups in total. The number of aromatic nitrogens is 2. The van der Waals surface area contributed by atoms with Crippen LogP contribution in [0.3, 0.4) is 0 Å². The Bertz CT molecular complexity index is 408. The number of piperidine rings is 1. The van der Waals surface area contributed by atoms with E-state index in [9.17, 15) is 4.39 Å². The summed E-state index contributed by atoms with van der Waals surface area (Å²) in [4.78, 5) is 10.5. The molecule has 1 aromatic heterocycles. The van der Waals surface area contributed by atoms with Crippen molar-refractivity contribution in [3.8, 4) is 0 Å². The number of likely N-dealkylation sites (tertiary alicyclic amines) is 1. The van der Waals surface area contributed by atoms with Gasteiger partial charge >= 0.3 is 0 Å². The van der Waals surface area contributed by atoms with E-state index in [2.05, 4.69) is 20.2 Å². The molecule has 5 heteroatoms. The molecule has 2 fully saturated rings. The van der Waals surface area contributed by atoms with Gasteiger partial charge in [0.25, 0.3) is 0 Å². The Labute approximate surface area is 119 Å². The van der Waals surface area contributed by atoms with Crippen molar-refractivity contribution < 1.29 is 4.39 Å². The molecule has 110 valence electrons. The molecule has 0 bridgehead atoms. The van der Waals surface area contributed by atoms with Gasteiger partial charge in [0, 0.05) is 12.6 Å². The maximum Gasteiger partial charge on any atom is 0.222 e. The van der Waals surface area contributed by atoms with Crippen LogP contribution in [0.1, 0.15) is 38.5 Å². The minimum absolute atomic E-state index is 0.388. The van der Waals surface area contributed by atoms with Gasteiger partial charge in [0.1, 0.15) is 0 Å². The predicted molar refractivity (Wildman–Crippen MR) is 77.0 cm³/mol. The molecule has 1 saturated carbocycles. The third-order valence-corrected chi connectivity index (χ3v) is 4.66. The summed E-state index contributed by atoms with van der Waals surface area (Å²) in [5.74, 6) is 0.825. The minimum atomic E-state index is -0.388.